The van der Waals surface area contributed by atoms with Gasteiger partial charge in [-0.2, -0.15) is 26.3 Å². The summed E-state index contributed by atoms with van der Waals surface area (Å²) in [5.74, 6) is -0.0907. The predicted molar refractivity (Wildman–Crippen MR) is 166 cm³/mol. The summed E-state index contributed by atoms with van der Waals surface area (Å²) >= 11 is 2.20. The van der Waals surface area contributed by atoms with E-state index in [1.54, 1.807) is 0 Å². The smallest absolute Gasteiger partial charge is 0.224 e. The molecule has 2 rings (SSSR count). The van der Waals surface area contributed by atoms with Crippen molar-refractivity contribution in [1.82, 2.24) is 0 Å². The zero-order valence-electron chi connectivity index (χ0n) is 24.6. The average Bonchev–Trinajstić information content (AvgIpc) is 3.54. The largest absolute Gasteiger partial charge is 0.418 e. The van der Waals surface area contributed by atoms with Gasteiger partial charge < -0.3 is 0 Å². The number of thiophene rings is 2. The first-order chi connectivity index (χ1) is 19.8. The molecule has 0 radical (unpaired) electrons. The Balaban J connectivity index is 2.24. The van der Waals surface area contributed by atoms with E-state index >= 15 is 0 Å². The Morgan fingerprint density at radius 1 is 0.619 bits per heavy atom. The number of sulfone groups is 1. The second-order valence-corrected chi connectivity index (χ2v) is 15.6. The van der Waals surface area contributed by atoms with Crippen molar-refractivity contribution in [2.24, 2.45) is 0 Å². The van der Waals surface area contributed by atoms with Gasteiger partial charge in [0.05, 0.1) is 31.5 Å². The van der Waals surface area contributed by atoms with Gasteiger partial charge in [0.25, 0.3) is 0 Å². The summed E-state index contributed by atoms with van der Waals surface area (Å²) in [4.78, 5) is -1.32. The van der Waals surface area contributed by atoms with Crippen molar-refractivity contribution in [3.63, 3.8) is 0 Å². The second kappa shape index (κ2) is 18.3. The summed E-state index contributed by atoms with van der Waals surface area (Å²) < 4.78 is 110. The van der Waals surface area contributed by atoms with Crippen LogP contribution < -0.4 is 0 Å². The van der Waals surface area contributed by atoms with Gasteiger partial charge in [-0.3, -0.25) is 0 Å². The van der Waals surface area contributed by atoms with Crippen LogP contribution in [-0.4, -0.2) is 19.9 Å². The van der Waals surface area contributed by atoms with Crippen molar-refractivity contribution in [3.8, 4) is 9.75 Å². The Morgan fingerprint density at radius 2 is 1.05 bits per heavy atom. The van der Waals surface area contributed by atoms with Crippen LogP contribution in [0.5, 0.6) is 0 Å². The van der Waals surface area contributed by atoms with Crippen molar-refractivity contribution in [1.29, 1.82) is 0 Å². The van der Waals surface area contributed by atoms with E-state index in [9.17, 15) is 34.8 Å². The van der Waals surface area contributed by atoms with Crippen molar-refractivity contribution in [3.05, 3.63) is 21.9 Å². The van der Waals surface area contributed by atoms with Crippen LogP contribution >= 0.6 is 34.4 Å². The topological polar surface area (TPSA) is 34.1 Å². The highest BCUT2D eigenvalue weighted by atomic mass is 32.2. The summed E-state index contributed by atoms with van der Waals surface area (Å²) in [7, 11) is -4.39. The quantitative estimate of drug-likeness (QED) is 0.0749. The van der Waals surface area contributed by atoms with E-state index in [4.69, 9.17) is 0 Å². The first-order valence-corrected chi connectivity index (χ1v) is 19.5. The highest BCUT2D eigenvalue weighted by Crippen LogP contribution is 2.52. The Labute approximate surface area is 260 Å². The lowest BCUT2D eigenvalue weighted by Crippen LogP contribution is -2.14. The number of hydrogen-bond donors (Lipinski definition) is 0. The molecule has 0 aromatic carbocycles. The van der Waals surface area contributed by atoms with Gasteiger partial charge in [-0.15, -0.1) is 34.4 Å². The Hall–Kier alpha value is -0.720. The molecule has 0 spiro atoms. The number of unbranched alkanes of at least 4 members (excludes halogenated alkanes) is 14. The van der Waals surface area contributed by atoms with Crippen molar-refractivity contribution in [2.75, 3.05) is 11.5 Å². The van der Waals surface area contributed by atoms with Crippen LogP contribution in [0.2, 0.25) is 0 Å². The Morgan fingerprint density at radius 3 is 1.55 bits per heavy atom. The zero-order valence-corrected chi connectivity index (χ0v) is 27.9. The molecule has 0 saturated heterocycles. The molecule has 2 aromatic rings. The monoisotopic (exact) mass is 678 g/mol. The van der Waals surface area contributed by atoms with Crippen LogP contribution in [-0.2, 0) is 22.2 Å². The fourth-order valence-electron chi connectivity index (χ4n) is 4.79. The van der Waals surface area contributed by atoms with Crippen LogP contribution in [0.3, 0.4) is 0 Å². The van der Waals surface area contributed by atoms with Crippen LogP contribution in [0.25, 0.3) is 9.75 Å². The number of hydrogen-bond acceptors (Lipinski definition) is 5. The summed E-state index contributed by atoms with van der Waals surface area (Å²) in [5.41, 5.74) is -2.21. The van der Waals surface area contributed by atoms with Gasteiger partial charge in [0.1, 0.15) is 0 Å². The molecule has 0 N–H and O–H groups in total. The highest BCUT2D eigenvalue weighted by Gasteiger charge is 2.42. The van der Waals surface area contributed by atoms with Crippen LogP contribution in [0.1, 0.15) is 128 Å². The summed E-state index contributed by atoms with van der Waals surface area (Å²) in [6, 6.07) is 0. The first-order valence-electron chi connectivity index (χ1n) is 15.1. The van der Waals surface area contributed by atoms with Gasteiger partial charge >= 0.3 is 12.4 Å². The Kier molecular flexibility index (Phi) is 16.3. The molecule has 2 nitrogen and oxygen atoms in total. The molecule has 0 amide bonds. The van der Waals surface area contributed by atoms with E-state index in [0.717, 1.165) is 93.2 Å². The molecule has 2 heterocycles. The maximum atomic E-state index is 14.0. The van der Waals surface area contributed by atoms with E-state index in [2.05, 4.69) is 13.8 Å². The second-order valence-electron chi connectivity index (χ2n) is 10.7. The Bertz CT molecular complexity index is 1150. The standard InChI is InChI=1S/C30H44F6O2S4/c1-3-5-7-9-11-13-15-17-19-39-25-23(29(31,32)33)21-40-26(25)27-28(24(22-41-27)30(34,35)36)42(37,38)20-18-16-14-12-10-8-6-4-2/h21-22H,3-20H2,1-2H3. The predicted octanol–water partition coefficient (Wildman–Crippen LogP) is 12.7. The molecule has 0 fully saturated rings. The fourth-order valence-corrected chi connectivity index (χ4v) is 10.8. The molecule has 2 aromatic heterocycles. The minimum absolute atomic E-state index is 0.0399. The molecule has 242 valence electrons. The molecule has 0 aliphatic heterocycles. The van der Waals surface area contributed by atoms with Crippen molar-refractivity contribution >= 4 is 44.3 Å². The van der Waals surface area contributed by atoms with E-state index in [1.807, 2.05) is 0 Å². The molecular weight excluding hydrogens is 635 g/mol. The van der Waals surface area contributed by atoms with Gasteiger partial charge in [0, 0.05) is 15.7 Å². The zero-order chi connectivity index (χ0) is 31.2. The molecule has 0 saturated carbocycles. The summed E-state index contributed by atoms with van der Waals surface area (Å²) in [5, 5.41) is 1.63. The average molecular weight is 679 g/mol. The third kappa shape index (κ3) is 12.0. The maximum Gasteiger partial charge on any atom is 0.418 e. The first kappa shape index (κ1) is 37.5. The van der Waals surface area contributed by atoms with Crippen LogP contribution in [0.4, 0.5) is 26.3 Å². The molecule has 0 aliphatic rings. The van der Waals surface area contributed by atoms with E-state index in [1.165, 1.54) is 12.8 Å². The van der Waals surface area contributed by atoms with E-state index < -0.39 is 44.0 Å². The SMILES string of the molecule is CCCCCCCCCCSc1c(C(F)(F)F)csc1-c1scc(C(F)(F)F)c1S(=O)(=O)CCCCCCCCCC. The molecule has 0 atom stereocenters. The molecule has 0 unspecified atom stereocenters. The summed E-state index contributed by atoms with van der Waals surface area (Å²) in [6.07, 6.45) is 5.46. The third-order valence-corrected chi connectivity index (χ3v) is 12.6. The minimum atomic E-state index is -4.94. The van der Waals surface area contributed by atoms with E-state index in [0.29, 0.717) is 41.3 Å². The minimum Gasteiger partial charge on any atom is -0.224 e. The summed E-state index contributed by atoms with van der Waals surface area (Å²) in [6.45, 7) is 4.25. The van der Waals surface area contributed by atoms with Crippen molar-refractivity contribution in [2.45, 2.75) is 139 Å². The number of thioether (sulfide) groups is 1. The molecule has 12 heteroatoms. The van der Waals surface area contributed by atoms with Gasteiger partial charge in [0.2, 0.25) is 0 Å². The van der Waals surface area contributed by atoms with Crippen LogP contribution in [0.15, 0.2) is 20.6 Å². The number of alkyl halides is 6. The van der Waals surface area contributed by atoms with Gasteiger partial charge in [-0.1, -0.05) is 104 Å². The molecule has 0 aliphatic carbocycles. The third-order valence-electron chi connectivity index (χ3n) is 7.13. The molecule has 42 heavy (non-hydrogen) atoms. The maximum absolute atomic E-state index is 14.0. The lowest BCUT2D eigenvalue weighted by atomic mass is 10.1. The molecule has 0 bridgehead atoms. The van der Waals surface area contributed by atoms with Crippen molar-refractivity contribution < 1.29 is 34.8 Å². The highest BCUT2D eigenvalue weighted by molar-refractivity contribution is 7.99. The van der Waals surface area contributed by atoms with E-state index in [-0.39, 0.29) is 21.1 Å². The lowest BCUT2D eigenvalue weighted by molar-refractivity contribution is -0.140. The fraction of sp³-hybridized carbons (Fsp3) is 0.733. The van der Waals surface area contributed by atoms with Gasteiger partial charge in [-0.05, 0) is 18.6 Å². The molecular formula is C30H44F6O2S4. The number of halogens is 6. The number of rotatable bonds is 21. The van der Waals surface area contributed by atoms with Crippen LogP contribution in [0, 0.1) is 0 Å². The van der Waals surface area contributed by atoms with Gasteiger partial charge in [-0.25, -0.2) is 8.42 Å². The normalized spacial score (nSPS) is 12.9. The van der Waals surface area contributed by atoms with Gasteiger partial charge in [0.15, 0.2) is 9.84 Å². The lowest BCUT2D eigenvalue weighted by Gasteiger charge is -2.13.